The number of hydrogen-bond donors (Lipinski definition) is 0. The highest BCUT2D eigenvalue weighted by Crippen LogP contribution is 2.38. The van der Waals surface area contributed by atoms with Crippen LogP contribution in [0.15, 0.2) is 24.3 Å². The van der Waals surface area contributed by atoms with E-state index in [9.17, 15) is 4.57 Å². The Morgan fingerprint density at radius 3 is 2.23 bits per heavy atom. The Kier molecular flexibility index (Phi) is 3.29. The Bertz CT molecular complexity index is 310. The molecule has 0 aliphatic heterocycles. The summed E-state index contributed by atoms with van der Waals surface area (Å²) in [6.45, 7) is 5.72. The number of rotatable bonds is 3. The second kappa shape index (κ2) is 4.08. The predicted octanol–water partition coefficient (Wildman–Crippen LogP) is 3.05. The van der Waals surface area contributed by atoms with Crippen molar-refractivity contribution in [3.05, 3.63) is 35.4 Å². The molecule has 72 valence electrons. The van der Waals surface area contributed by atoms with Gasteiger partial charge >= 0.3 is 0 Å². The third-order valence-corrected chi connectivity index (χ3v) is 2.41. The third-order valence-electron chi connectivity index (χ3n) is 1.66. The molecule has 0 saturated heterocycles. The molecule has 0 aromatic heterocycles. The van der Waals surface area contributed by atoms with Crippen molar-refractivity contribution < 1.29 is 9.09 Å². The molecule has 0 spiro atoms. The summed E-state index contributed by atoms with van der Waals surface area (Å²) in [5.41, 5.74) is 2.29. The van der Waals surface area contributed by atoms with Gasteiger partial charge in [0.1, 0.15) is 0 Å². The third kappa shape index (κ3) is 4.25. The van der Waals surface area contributed by atoms with Crippen LogP contribution in [0.2, 0.25) is 0 Å². The highest BCUT2D eigenvalue weighted by atomic mass is 31.2. The second-order valence-electron chi connectivity index (χ2n) is 3.51. The van der Waals surface area contributed by atoms with E-state index in [2.05, 4.69) is 0 Å². The molecule has 3 heteroatoms. The van der Waals surface area contributed by atoms with E-state index in [0.717, 1.165) is 5.56 Å². The van der Waals surface area contributed by atoms with Crippen molar-refractivity contribution >= 4 is 7.37 Å². The number of benzene rings is 1. The molecule has 0 heterocycles. The summed E-state index contributed by atoms with van der Waals surface area (Å²) in [4.78, 5) is 0. The Morgan fingerprint density at radius 2 is 1.77 bits per heavy atom. The maximum absolute atomic E-state index is 11.2. The minimum absolute atomic E-state index is 0.435. The maximum atomic E-state index is 11.2. The maximum Gasteiger partial charge on any atom is 0.197 e. The van der Waals surface area contributed by atoms with Crippen LogP contribution in [0.1, 0.15) is 11.1 Å². The van der Waals surface area contributed by atoms with Gasteiger partial charge in [0.2, 0.25) is 0 Å². The van der Waals surface area contributed by atoms with Gasteiger partial charge in [-0.1, -0.05) is 29.8 Å². The largest absolute Gasteiger partial charge is 0.324 e. The molecule has 0 atom stereocenters. The van der Waals surface area contributed by atoms with Crippen molar-refractivity contribution in [1.29, 1.82) is 0 Å². The van der Waals surface area contributed by atoms with E-state index in [0.29, 0.717) is 6.61 Å². The van der Waals surface area contributed by atoms with Crippen LogP contribution >= 0.6 is 7.37 Å². The first-order valence-corrected chi connectivity index (χ1v) is 6.74. The summed E-state index contributed by atoms with van der Waals surface area (Å²) in [5.74, 6) is 0. The molecule has 0 N–H and O–H groups in total. The normalized spacial score (nSPS) is 11.6. The molecule has 0 fully saturated rings. The minimum Gasteiger partial charge on any atom is -0.324 e. The Balaban J connectivity index is 2.56. The van der Waals surface area contributed by atoms with Crippen LogP contribution in [0.4, 0.5) is 0 Å². The van der Waals surface area contributed by atoms with Gasteiger partial charge < -0.3 is 4.52 Å². The fourth-order valence-corrected chi connectivity index (χ4v) is 1.37. The lowest BCUT2D eigenvalue weighted by atomic mass is 10.2. The highest BCUT2D eigenvalue weighted by molar-refractivity contribution is 7.57. The lowest BCUT2D eigenvalue weighted by Crippen LogP contribution is -1.89. The summed E-state index contributed by atoms with van der Waals surface area (Å²) in [6, 6.07) is 8.03. The zero-order valence-electron chi connectivity index (χ0n) is 8.28. The zero-order chi connectivity index (χ0) is 9.90. The van der Waals surface area contributed by atoms with Crippen molar-refractivity contribution in [2.24, 2.45) is 0 Å². The van der Waals surface area contributed by atoms with Crippen LogP contribution in [0.25, 0.3) is 0 Å². The van der Waals surface area contributed by atoms with Crippen LogP contribution in [0.5, 0.6) is 0 Å². The molecule has 13 heavy (non-hydrogen) atoms. The molecule has 0 amide bonds. The van der Waals surface area contributed by atoms with E-state index in [1.807, 2.05) is 31.2 Å². The second-order valence-corrected chi connectivity index (χ2v) is 6.27. The van der Waals surface area contributed by atoms with Crippen molar-refractivity contribution in [3.63, 3.8) is 0 Å². The Labute approximate surface area is 79.4 Å². The van der Waals surface area contributed by atoms with E-state index in [-0.39, 0.29) is 0 Å². The summed E-state index contributed by atoms with van der Waals surface area (Å²) in [7, 11) is -2.34. The van der Waals surface area contributed by atoms with Crippen LogP contribution in [-0.4, -0.2) is 13.3 Å². The fraction of sp³-hybridized carbons (Fsp3) is 0.400. The smallest absolute Gasteiger partial charge is 0.197 e. The molecule has 0 aliphatic rings. The van der Waals surface area contributed by atoms with Crippen molar-refractivity contribution in [3.8, 4) is 0 Å². The molecule has 0 saturated carbocycles. The van der Waals surface area contributed by atoms with Gasteiger partial charge in [0.25, 0.3) is 0 Å². The summed E-state index contributed by atoms with van der Waals surface area (Å²) in [6.07, 6.45) is 0. The summed E-state index contributed by atoms with van der Waals surface area (Å²) >= 11 is 0. The SMILES string of the molecule is Cc1ccc(COP(C)(C)=O)cc1. The lowest BCUT2D eigenvalue weighted by Gasteiger charge is -2.08. The van der Waals surface area contributed by atoms with Crippen LogP contribution in [0.3, 0.4) is 0 Å². The van der Waals surface area contributed by atoms with E-state index >= 15 is 0 Å². The van der Waals surface area contributed by atoms with Gasteiger partial charge in [-0.3, -0.25) is 4.57 Å². The molecule has 0 radical (unpaired) electrons. The minimum atomic E-state index is -2.34. The van der Waals surface area contributed by atoms with Gasteiger partial charge in [-0.2, -0.15) is 0 Å². The van der Waals surface area contributed by atoms with Crippen LogP contribution < -0.4 is 0 Å². The van der Waals surface area contributed by atoms with E-state index in [1.165, 1.54) is 5.56 Å². The van der Waals surface area contributed by atoms with E-state index < -0.39 is 7.37 Å². The Hall–Kier alpha value is -0.590. The lowest BCUT2D eigenvalue weighted by molar-refractivity contribution is 0.310. The van der Waals surface area contributed by atoms with Gasteiger partial charge in [0, 0.05) is 13.3 Å². The average Bonchev–Trinajstić information content (AvgIpc) is 2.02. The average molecular weight is 198 g/mol. The van der Waals surface area contributed by atoms with Gasteiger partial charge in [0.15, 0.2) is 7.37 Å². The molecular formula is C10H15O2P. The molecule has 1 aromatic carbocycles. The van der Waals surface area contributed by atoms with Gasteiger partial charge in [0.05, 0.1) is 6.61 Å². The predicted molar refractivity (Wildman–Crippen MR) is 55.4 cm³/mol. The molecule has 2 nitrogen and oxygen atoms in total. The fourth-order valence-electron chi connectivity index (χ4n) is 0.914. The van der Waals surface area contributed by atoms with E-state index in [1.54, 1.807) is 13.3 Å². The number of hydrogen-bond acceptors (Lipinski definition) is 2. The van der Waals surface area contributed by atoms with Crippen LogP contribution in [0, 0.1) is 6.92 Å². The molecular weight excluding hydrogens is 183 g/mol. The van der Waals surface area contributed by atoms with Crippen molar-refractivity contribution in [2.75, 3.05) is 13.3 Å². The first-order chi connectivity index (χ1) is 5.97. The standard InChI is InChI=1S/C10H15O2P/c1-9-4-6-10(7-5-9)8-12-13(2,3)11/h4-7H,8H2,1-3H3. The van der Waals surface area contributed by atoms with Crippen molar-refractivity contribution in [1.82, 2.24) is 0 Å². The van der Waals surface area contributed by atoms with E-state index in [4.69, 9.17) is 4.52 Å². The first-order valence-electron chi connectivity index (χ1n) is 4.22. The highest BCUT2D eigenvalue weighted by Gasteiger charge is 2.06. The van der Waals surface area contributed by atoms with Gasteiger partial charge in [-0.15, -0.1) is 0 Å². The summed E-state index contributed by atoms with van der Waals surface area (Å²) in [5, 5.41) is 0. The molecule has 0 bridgehead atoms. The topological polar surface area (TPSA) is 26.3 Å². The monoisotopic (exact) mass is 198 g/mol. The van der Waals surface area contributed by atoms with Crippen molar-refractivity contribution in [2.45, 2.75) is 13.5 Å². The number of aryl methyl sites for hydroxylation is 1. The first kappa shape index (κ1) is 10.5. The molecule has 0 aliphatic carbocycles. The Morgan fingerprint density at radius 1 is 1.23 bits per heavy atom. The van der Waals surface area contributed by atoms with Gasteiger partial charge in [-0.05, 0) is 12.5 Å². The summed E-state index contributed by atoms with van der Waals surface area (Å²) < 4.78 is 16.4. The molecule has 1 aromatic rings. The quantitative estimate of drug-likeness (QED) is 0.698. The zero-order valence-corrected chi connectivity index (χ0v) is 9.17. The molecule has 0 unspecified atom stereocenters. The molecule has 1 rings (SSSR count). The van der Waals surface area contributed by atoms with Crippen LogP contribution in [-0.2, 0) is 15.7 Å². The van der Waals surface area contributed by atoms with Gasteiger partial charge in [-0.25, -0.2) is 0 Å².